The van der Waals surface area contributed by atoms with Crippen LogP contribution in [0.5, 0.6) is 0 Å². The molecule has 1 nitrogen and oxygen atoms in total. The number of aryl methyl sites for hydroxylation is 1. The zero-order valence-corrected chi connectivity index (χ0v) is 12.4. The lowest BCUT2D eigenvalue weighted by Crippen LogP contribution is -1.97. The zero-order valence-electron chi connectivity index (χ0n) is 10.7. The third-order valence-electron chi connectivity index (χ3n) is 2.94. The molecule has 3 heteroatoms. The highest BCUT2D eigenvalue weighted by Crippen LogP contribution is 2.29. The van der Waals surface area contributed by atoms with Crippen LogP contribution in [-0.4, -0.2) is 0 Å². The van der Waals surface area contributed by atoms with Crippen LogP contribution in [0.1, 0.15) is 10.4 Å². The fraction of sp³-hybridized carbons (Fsp3) is 0.125. The summed E-state index contributed by atoms with van der Waals surface area (Å²) in [5, 5.41) is 7.83. The summed E-state index contributed by atoms with van der Waals surface area (Å²) in [5.74, 6) is 0. The van der Waals surface area contributed by atoms with Crippen molar-refractivity contribution >= 4 is 28.4 Å². The van der Waals surface area contributed by atoms with Gasteiger partial charge in [-0.1, -0.05) is 18.2 Å². The van der Waals surface area contributed by atoms with E-state index in [0.717, 1.165) is 6.54 Å². The normalized spacial score (nSPS) is 10.6. The minimum Gasteiger partial charge on any atom is -0.380 e. The molecular weight excluding hydrogens is 270 g/mol. The molecule has 0 unspecified atom stereocenters. The highest BCUT2D eigenvalue weighted by molar-refractivity contribution is 7.14. The number of benzene rings is 1. The summed E-state index contributed by atoms with van der Waals surface area (Å²) < 4.78 is 0. The van der Waals surface area contributed by atoms with E-state index in [4.69, 9.17) is 0 Å². The number of anilines is 1. The molecule has 0 radical (unpaired) electrons. The first-order chi connectivity index (χ1) is 9.31. The Morgan fingerprint density at radius 2 is 2.00 bits per heavy atom. The quantitative estimate of drug-likeness (QED) is 0.677. The van der Waals surface area contributed by atoms with Gasteiger partial charge < -0.3 is 5.32 Å². The van der Waals surface area contributed by atoms with E-state index in [1.165, 1.54) is 26.6 Å². The molecule has 0 amide bonds. The number of hydrogen-bond acceptors (Lipinski definition) is 3. The van der Waals surface area contributed by atoms with Gasteiger partial charge in [-0.3, -0.25) is 0 Å². The average Bonchev–Trinajstić information content (AvgIpc) is 3.07. The second-order valence-corrected chi connectivity index (χ2v) is 6.45. The van der Waals surface area contributed by atoms with Crippen LogP contribution in [0.4, 0.5) is 5.69 Å². The van der Waals surface area contributed by atoms with E-state index < -0.39 is 0 Å². The molecule has 0 spiro atoms. The van der Waals surface area contributed by atoms with E-state index in [9.17, 15) is 0 Å². The Kier molecular flexibility index (Phi) is 3.67. The van der Waals surface area contributed by atoms with Crippen LogP contribution >= 0.6 is 22.7 Å². The van der Waals surface area contributed by atoms with Crippen molar-refractivity contribution in [3.8, 4) is 10.4 Å². The van der Waals surface area contributed by atoms with Crippen molar-refractivity contribution in [2.45, 2.75) is 13.5 Å². The lowest BCUT2D eigenvalue weighted by atomic mass is 10.2. The smallest absolute Gasteiger partial charge is 0.0494 e. The lowest BCUT2D eigenvalue weighted by Gasteiger charge is -2.05. The van der Waals surface area contributed by atoms with E-state index in [1.807, 2.05) is 11.3 Å². The standard InChI is InChI=1S/C16H15NS2/c1-12-4-2-5-14(8-12)17-10-15-9-13(11-19-15)16-6-3-7-18-16/h2-9,11,17H,10H2,1H3. The Bertz CT molecular complexity index is 653. The predicted molar refractivity (Wildman–Crippen MR) is 86.1 cm³/mol. The maximum atomic E-state index is 3.47. The third-order valence-corrected chi connectivity index (χ3v) is 4.80. The lowest BCUT2D eigenvalue weighted by molar-refractivity contribution is 1.19. The summed E-state index contributed by atoms with van der Waals surface area (Å²) in [6, 6.07) is 15.0. The summed E-state index contributed by atoms with van der Waals surface area (Å²) in [4.78, 5) is 2.71. The van der Waals surface area contributed by atoms with E-state index in [1.54, 1.807) is 11.3 Å². The second-order valence-electron chi connectivity index (χ2n) is 4.50. The van der Waals surface area contributed by atoms with Crippen LogP contribution in [0.2, 0.25) is 0 Å². The Balaban J connectivity index is 1.68. The number of nitrogens with one attached hydrogen (secondary N) is 1. The summed E-state index contributed by atoms with van der Waals surface area (Å²) in [6.07, 6.45) is 0. The predicted octanol–water partition coefficient (Wildman–Crippen LogP) is 5.40. The molecule has 1 N–H and O–H groups in total. The minimum absolute atomic E-state index is 0.888. The van der Waals surface area contributed by atoms with Gasteiger partial charge in [-0.15, -0.1) is 22.7 Å². The molecular formula is C16H15NS2. The van der Waals surface area contributed by atoms with Crippen LogP contribution in [0.25, 0.3) is 10.4 Å². The molecule has 0 atom stereocenters. The van der Waals surface area contributed by atoms with Crippen LogP contribution in [0, 0.1) is 6.92 Å². The van der Waals surface area contributed by atoms with E-state index in [-0.39, 0.29) is 0 Å². The van der Waals surface area contributed by atoms with Gasteiger partial charge in [0.1, 0.15) is 0 Å². The largest absolute Gasteiger partial charge is 0.380 e. The minimum atomic E-state index is 0.888. The van der Waals surface area contributed by atoms with Gasteiger partial charge in [-0.2, -0.15) is 0 Å². The van der Waals surface area contributed by atoms with Crippen LogP contribution < -0.4 is 5.32 Å². The molecule has 0 aliphatic heterocycles. The number of rotatable bonds is 4. The van der Waals surface area contributed by atoms with Crippen molar-refractivity contribution in [3.63, 3.8) is 0 Å². The molecule has 0 bridgehead atoms. The van der Waals surface area contributed by atoms with Crippen molar-refractivity contribution in [2.75, 3.05) is 5.32 Å². The van der Waals surface area contributed by atoms with E-state index >= 15 is 0 Å². The first-order valence-electron chi connectivity index (χ1n) is 6.23. The fourth-order valence-electron chi connectivity index (χ4n) is 1.99. The maximum absolute atomic E-state index is 3.47. The molecule has 2 heterocycles. The third kappa shape index (κ3) is 3.06. The van der Waals surface area contributed by atoms with Crippen molar-refractivity contribution in [3.05, 3.63) is 63.7 Å². The average molecular weight is 285 g/mol. The molecule has 96 valence electrons. The molecule has 3 aromatic rings. The van der Waals surface area contributed by atoms with Gasteiger partial charge in [-0.25, -0.2) is 0 Å². The highest BCUT2D eigenvalue weighted by Gasteiger charge is 2.03. The first-order valence-corrected chi connectivity index (χ1v) is 7.99. The molecule has 1 aromatic carbocycles. The van der Waals surface area contributed by atoms with Gasteiger partial charge in [0.25, 0.3) is 0 Å². The maximum Gasteiger partial charge on any atom is 0.0494 e. The summed E-state index contributed by atoms with van der Waals surface area (Å²) in [6.45, 7) is 3.00. The SMILES string of the molecule is Cc1cccc(NCc2cc(-c3cccs3)cs2)c1. The molecule has 0 saturated heterocycles. The van der Waals surface area contributed by atoms with Crippen LogP contribution in [0.15, 0.2) is 53.2 Å². The number of thiophene rings is 2. The second kappa shape index (κ2) is 5.59. The van der Waals surface area contributed by atoms with E-state index in [2.05, 4.69) is 65.5 Å². The van der Waals surface area contributed by atoms with Crippen molar-refractivity contribution in [1.29, 1.82) is 0 Å². The monoisotopic (exact) mass is 285 g/mol. The molecule has 19 heavy (non-hydrogen) atoms. The zero-order chi connectivity index (χ0) is 13.1. The van der Waals surface area contributed by atoms with E-state index in [0.29, 0.717) is 0 Å². The summed E-state index contributed by atoms with van der Waals surface area (Å²) >= 11 is 3.61. The molecule has 0 aliphatic carbocycles. The van der Waals surface area contributed by atoms with Gasteiger partial charge in [0.15, 0.2) is 0 Å². The Hall–Kier alpha value is -1.58. The Labute approximate surface area is 121 Å². The highest BCUT2D eigenvalue weighted by atomic mass is 32.1. The van der Waals surface area contributed by atoms with Crippen LogP contribution in [0.3, 0.4) is 0 Å². The Morgan fingerprint density at radius 3 is 2.79 bits per heavy atom. The van der Waals surface area contributed by atoms with Crippen molar-refractivity contribution < 1.29 is 0 Å². The van der Waals surface area contributed by atoms with Crippen molar-refractivity contribution in [1.82, 2.24) is 0 Å². The first kappa shape index (κ1) is 12.5. The van der Waals surface area contributed by atoms with Gasteiger partial charge >= 0.3 is 0 Å². The van der Waals surface area contributed by atoms with Gasteiger partial charge in [-0.05, 0) is 47.5 Å². The molecule has 3 rings (SSSR count). The Morgan fingerprint density at radius 1 is 1.05 bits per heavy atom. The summed E-state index contributed by atoms with van der Waals surface area (Å²) in [7, 11) is 0. The summed E-state index contributed by atoms with van der Waals surface area (Å²) in [5.41, 5.74) is 3.81. The van der Waals surface area contributed by atoms with Gasteiger partial charge in [0.2, 0.25) is 0 Å². The van der Waals surface area contributed by atoms with Crippen LogP contribution in [-0.2, 0) is 6.54 Å². The molecule has 0 aliphatic rings. The van der Waals surface area contributed by atoms with Gasteiger partial charge in [0, 0.05) is 27.5 Å². The fourth-order valence-corrected chi connectivity index (χ4v) is 3.60. The molecule has 0 saturated carbocycles. The molecule has 0 fully saturated rings. The number of hydrogen-bond donors (Lipinski definition) is 1. The van der Waals surface area contributed by atoms with Gasteiger partial charge in [0.05, 0.1) is 0 Å². The van der Waals surface area contributed by atoms with Crippen molar-refractivity contribution in [2.24, 2.45) is 0 Å². The molecule has 2 aromatic heterocycles. The topological polar surface area (TPSA) is 12.0 Å².